The highest BCUT2D eigenvalue weighted by Gasteiger charge is 2.36. The number of piperazine rings is 1. The van der Waals surface area contributed by atoms with E-state index in [1.807, 2.05) is 24.3 Å². The first kappa shape index (κ1) is 16.2. The van der Waals surface area contributed by atoms with Crippen molar-refractivity contribution in [2.24, 2.45) is 11.5 Å². The van der Waals surface area contributed by atoms with Crippen LogP contribution in [-0.2, 0) is 0 Å². The molecule has 3 rings (SSSR count). The Morgan fingerprint density at radius 2 is 1.78 bits per heavy atom. The summed E-state index contributed by atoms with van der Waals surface area (Å²) in [6.07, 6.45) is 0.835. The van der Waals surface area contributed by atoms with Gasteiger partial charge in [0.15, 0.2) is 0 Å². The lowest BCUT2D eigenvalue weighted by Crippen LogP contribution is -2.68. The van der Waals surface area contributed by atoms with E-state index in [2.05, 4.69) is 28.1 Å². The van der Waals surface area contributed by atoms with Gasteiger partial charge in [-0.2, -0.15) is 5.26 Å². The highest BCUT2D eigenvalue weighted by atomic mass is 15.3. The Kier molecular flexibility index (Phi) is 4.83. The largest absolute Gasteiger partial charge is 0.369 e. The molecule has 0 aromatic heterocycles. The first-order valence-electron chi connectivity index (χ1n) is 8.35. The molecule has 2 saturated heterocycles. The standard InChI is InChI=1S/C17H26N6/c1-12-17(15(19)10-16(20)21-12)23-8-6-22(7-9-23)14-4-2-13(11-18)3-5-14/h2-5,12,15-17,21H,6-10,19-20H2,1H3. The molecule has 2 fully saturated rings. The molecule has 6 heteroatoms. The third-order valence-corrected chi connectivity index (χ3v) is 5.05. The second-order valence-corrected chi connectivity index (χ2v) is 6.63. The average molecular weight is 314 g/mol. The van der Waals surface area contributed by atoms with Crippen LogP contribution in [0.15, 0.2) is 24.3 Å². The van der Waals surface area contributed by atoms with Gasteiger partial charge in [0.25, 0.3) is 0 Å². The van der Waals surface area contributed by atoms with Gasteiger partial charge < -0.3 is 16.4 Å². The smallest absolute Gasteiger partial charge is 0.0991 e. The predicted molar refractivity (Wildman–Crippen MR) is 91.9 cm³/mol. The van der Waals surface area contributed by atoms with Crippen molar-refractivity contribution in [3.8, 4) is 6.07 Å². The van der Waals surface area contributed by atoms with Gasteiger partial charge in [-0.15, -0.1) is 0 Å². The number of benzene rings is 1. The van der Waals surface area contributed by atoms with E-state index in [1.54, 1.807) is 0 Å². The van der Waals surface area contributed by atoms with Gasteiger partial charge in [-0.3, -0.25) is 10.2 Å². The molecule has 2 aliphatic heterocycles. The minimum atomic E-state index is 0.0104. The number of rotatable bonds is 2. The van der Waals surface area contributed by atoms with E-state index in [1.165, 1.54) is 5.69 Å². The van der Waals surface area contributed by atoms with Crippen molar-refractivity contribution < 1.29 is 0 Å². The molecule has 1 aromatic rings. The first-order valence-corrected chi connectivity index (χ1v) is 8.35. The topological polar surface area (TPSA) is 94.3 Å². The summed E-state index contributed by atoms with van der Waals surface area (Å²) < 4.78 is 0. The van der Waals surface area contributed by atoms with Crippen LogP contribution in [0.5, 0.6) is 0 Å². The number of hydrogen-bond acceptors (Lipinski definition) is 6. The summed E-state index contributed by atoms with van der Waals surface area (Å²) in [6.45, 7) is 6.14. The lowest BCUT2D eigenvalue weighted by atomic mass is 9.91. The summed E-state index contributed by atoms with van der Waals surface area (Å²) in [4.78, 5) is 4.87. The van der Waals surface area contributed by atoms with E-state index in [0.717, 1.165) is 32.6 Å². The van der Waals surface area contributed by atoms with Crippen LogP contribution in [0.2, 0.25) is 0 Å². The molecule has 4 atom stereocenters. The number of anilines is 1. The number of piperidine rings is 1. The lowest BCUT2D eigenvalue weighted by molar-refractivity contribution is 0.0943. The Labute approximate surface area is 138 Å². The highest BCUT2D eigenvalue weighted by Crippen LogP contribution is 2.22. The molecule has 2 aliphatic rings. The molecule has 1 aromatic carbocycles. The zero-order valence-electron chi connectivity index (χ0n) is 13.7. The van der Waals surface area contributed by atoms with Gasteiger partial charge in [0.2, 0.25) is 0 Å². The summed E-state index contributed by atoms with van der Waals surface area (Å²) in [7, 11) is 0. The Morgan fingerprint density at radius 3 is 2.35 bits per heavy atom. The molecule has 0 amide bonds. The number of nitriles is 1. The molecule has 0 saturated carbocycles. The van der Waals surface area contributed by atoms with Crippen molar-refractivity contribution in [2.75, 3.05) is 31.1 Å². The average Bonchev–Trinajstić information content (AvgIpc) is 2.55. The molecule has 2 heterocycles. The minimum Gasteiger partial charge on any atom is -0.369 e. The minimum absolute atomic E-state index is 0.0104. The summed E-state index contributed by atoms with van der Waals surface area (Å²) >= 11 is 0. The van der Waals surface area contributed by atoms with E-state index >= 15 is 0 Å². The molecule has 4 unspecified atom stereocenters. The monoisotopic (exact) mass is 314 g/mol. The maximum absolute atomic E-state index is 8.89. The molecule has 5 N–H and O–H groups in total. The van der Waals surface area contributed by atoms with E-state index in [9.17, 15) is 0 Å². The molecule has 0 radical (unpaired) electrons. The first-order chi connectivity index (χ1) is 11.1. The third kappa shape index (κ3) is 3.48. The number of nitrogens with zero attached hydrogens (tertiary/aromatic N) is 3. The maximum Gasteiger partial charge on any atom is 0.0991 e. The van der Waals surface area contributed by atoms with Gasteiger partial charge in [-0.1, -0.05) is 0 Å². The molecule has 0 aliphatic carbocycles. The number of nitrogens with one attached hydrogen (secondary N) is 1. The SMILES string of the molecule is CC1NC(N)CC(N)C1N1CCN(c2ccc(C#N)cc2)CC1. The second kappa shape index (κ2) is 6.85. The number of hydrogen-bond donors (Lipinski definition) is 3. The van der Waals surface area contributed by atoms with E-state index in [4.69, 9.17) is 16.7 Å². The van der Waals surface area contributed by atoms with Crippen LogP contribution < -0.4 is 21.7 Å². The van der Waals surface area contributed by atoms with Crippen LogP contribution in [0.4, 0.5) is 5.69 Å². The van der Waals surface area contributed by atoms with Crippen LogP contribution in [0, 0.1) is 11.3 Å². The second-order valence-electron chi connectivity index (χ2n) is 6.63. The Balaban J connectivity index is 1.60. The molecule has 124 valence electrons. The fraction of sp³-hybridized carbons (Fsp3) is 0.588. The Hall–Kier alpha value is -1.65. The fourth-order valence-corrected chi connectivity index (χ4v) is 3.92. The van der Waals surface area contributed by atoms with E-state index < -0.39 is 0 Å². The van der Waals surface area contributed by atoms with E-state index in [0.29, 0.717) is 17.6 Å². The van der Waals surface area contributed by atoms with Crippen molar-refractivity contribution in [3.05, 3.63) is 29.8 Å². The van der Waals surface area contributed by atoms with Crippen molar-refractivity contribution >= 4 is 5.69 Å². The molecule has 0 bridgehead atoms. The van der Waals surface area contributed by atoms with Crippen molar-refractivity contribution in [3.63, 3.8) is 0 Å². The van der Waals surface area contributed by atoms with Crippen LogP contribution in [0.25, 0.3) is 0 Å². The molecular formula is C17H26N6. The molecular weight excluding hydrogens is 288 g/mol. The summed E-state index contributed by atoms with van der Waals surface area (Å²) in [5, 5.41) is 12.3. The van der Waals surface area contributed by atoms with Crippen LogP contribution in [-0.4, -0.2) is 55.4 Å². The van der Waals surface area contributed by atoms with Gasteiger partial charge in [0.05, 0.1) is 17.8 Å². The number of nitrogens with two attached hydrogens (primary N) is 2. The van der Waals surface area contributed by atoms with Gasteiger partial charge >= 0.3 is 0 Å². The van der Waals surface area contributed by atoms with Gasteiger partial charge in [-0.05, 0) is 37.6 Å². The van der Waals surface area contributed by atoms with Gasteiger partial charge in [0, 0.05) is 50.0 Å². The van der Waals surface area contributed by atoms with Gasteiger partial charge in [-0.25, -0.2) is 0 Å². The van der Waals surface area contributed by atoms with Crippen LogP contribution in [0.3, 0.4) is 0 Å². The third-order valence-electron chi connectivity index (χ3n) is 5.05. The van der Waals surface area contributed by atoms with Crippen LogP contribution in [0.1, 0.15) is 18.9 Å². The zero-order chi connectivity index (χ0) is 16.4. The lowest BCUT2D eigenvalue weighted by Gasteiger charge is -2.48. The van der Waals surface area contributed by atoms with Gasteiger partial charge in [0.1, 0.15) is 0 Å². The molecule has 23 heavy (non-hydrogen) atoms. The summed E-state index contributed by atoms with van der Waals surface area (Å²) in [6, 6.07) is 10.8. The molecule has 6 nitrogen and oxygen atoms in total. The van der Waals surface area contributed by atoms with Crippen molar-refractivity contribution in [1.82, 2.24) is 10.2 Å². The highest BCUT2D eigenvalue weighted by molar-refractivity contribution is 5.50. The van der Waals surface area contributed by atoms with E-state index in [-0.39, 0.29) is 12.2 Å². The van der Waals surface area contributed by atoms with Crippen LogP contribution >= 0.6 is 0 Å². The van der Waals surface area contributed by atoms with Crippen molar-refractivity contribution in [2.45, 2.75) is 37.6 Å². The fourth-order valence-electron chi connectivity index (χ4n) is 3.92. The Morgan fingerprint density at radius 1 is 1.13 bits per heavy atom. The molecule has 0 spiro atoms. The predicted octanol–water partition coefficient (Wildman–Crippen LogP) is 0.0428. The Bertz CT molecular complexity index is 545. The summed E-state index contributed by atoms with van der Waals surface area (Å²) in [5.74, 6) is 0. The zero-order valence-corrected chi connectivity index (χ0v) is 13.7. The normalized spacial score (nSPS) is 32.5. The summed E-state index contributed by atoms with van der Waals surface area (Å²) in [5.41, 5.74) is 14.2. The quantitative estimate of drug-likeness (QED) is 0.714. The maximum atomic E-state index is 8.89. The van der Waals surface area contributed by atoms with Crippen molar-refractivity contribution in [1.29, 1.82) is 5.26 Å².